The molecule has 0 amide bonds. The van der Waals surface area contributed by atoms with Crippen LogP contribution in [-0.2, 0) is 11.0 Å². The minimum absolute atomic E-state index is 0.822. The molecule has 0 saturated heterocycles. The van der Waals surface area contributed by atoms with E-state index in [2.05, 4.69) is 17.0 Å². The molecule has 2 nitrogen and oxygen atoms in total. The van der Waals surface area contributed by atoms with Crippen molar-refractivity contribution in [2.45, 2.75) is 4.90 Å². The lowest BCUT2D eigenvalue weighted by Gasteiger charge is -1.90. The number of hydrogen-bond donors (Lipinski definition) is 1. The Morgan fingerprint density at radius 2 is 2.00 bits per heavy atom. The quantitative estimate of drug-likeness (QED) is 0.633. The lowest BCUT2D eigenvalue weighted by atomic mass is 10.2. The summed E-state index contributed by atoms with van der Waals surface area (Å²) in [6, 6.07) is 7.51. The van der Waals surface area contributed by atoms with Gasteiger partial charge < -0.3 is 0 Å². The lowest BCUT2D eigenvalue weighted by Crippen LogP contribution is -1.82. The zero-order chi connectivity index (χ0) is 8.97. The summed E-state index contributed by atoms with van der Waals surface area (Å²) >= 11 is 3.53. The molecule has 0 aliphatic carbocycles. The van der Waals surface area contributed by atoms with E-state index in [-0.39, 0.29) is 0 Å². The highest BCUT2D eigenvalue weighted by atomic mass is 32.2. The molecule has 0 bridgehead atoms. The predicted octanol–water partition coefficient (Wildman–Crippen LogP) is 1.69. The smallest absolute Gasteiger partial charge is 0.173 e. The van der Waals surface area contributed by atoms with Gasteiger partial charge >= 0.3 is 0 Å². The zero-order valence-corrected chi connectivity index (χ0v) is 8.31. The van der Waals surface area contributed by atoms with Crippen molar-refractivity contribution in [3.63, 3.8) is 0 Å². The van der Waals surface area contributed by atoms with Gasteiger partial charge in [0.1, 0.15) is 0 Å². The Kier molecular flexibility index (Phi) is 3.49. The van der Waals surface area contributed by atoms with Crippen molar-refractivity contribution in [1.29, 1.82) is 0 Å². The van der Waals surface area contributed by atoms with Crippen molar-refractivity contribution in [1.82, 2.24) is 0 Å². The molecular weight excluding hydrogens is 190 g/mol. The fourth-order valence-corrected chi connectivity index (χ4v) is 1.75. The maximum atomic E-state index is 11.0. The van der Waals surface area contributed by atoms with Crippen LogP contribution in [0.2, 0.25) is 0 Å². The maximum Gasteiger partial charge on any atom is 0.173 e. The first-order valence-corrected chi connectivity index (χ1v) is 5.38. The van der Waals surface area contributed by atoms with E-state index in [1.54, 1.807) is 12.5 Å². The molecular formula is C8H9NOS2. The van der Waals surface area contributed by atoms with Crippen LogP contribution in [0.5, 0.6) is 0 Å². The van der Waals surface area contributed by atoms with Crippen molar-refractivity contribution in [3.05, 3.63) is 29.8 Å². The van der Waals surface area contributed by atoms with Crippen LogP contribution < -0.4 is 0 Å². The van der Waals surface area contributed by atoms with Gasteiger partial charge in [0, 0.05) is 11.8 Å². The Labute approximate surface area is 79.7 Å². The first-order valence-electron chi connectivity index (χ1n) is 3.37. The molecule has 1 atom stereocenters. The number of thiol groups is 1. The Hall–Kier alpha value is -0.610. The van der Waals surface area contributed by atoms with Crippen LogP contribution in [0, 0.1) is 0 Å². The third-order valence-corrected chi connectivity index (χ3v) is 2.44. The summed E-state index contributed by atoms with van der Waals surface area (Å²) in [5.74, 6) is 0. The Bertz CT molecular complexity index is 323. The highest BCUT2D eigenvalue weighted by molar-refractivity contribution is 7.84. The van der Waals surface area contributed by atoms with Crippen LogP contribution in [0.1, 0.15) is 5.56 Å². The monoisotopic (exact) mass is 199 g/mol. The SMILES string of the molecule is CS.O=S1N=Cc2ccccc21. The van der Waals surface area contributed by atoms with Gasteiger partial charge in [0.15, 0.2) is 11.0 Å². The number of benzene rings is 1. The van der Waals surface area contributed by atoms with E-state index < -0.39 is 11.0 Å². The van der Waals surface area contributed by atoms with Crippen molar-refractivity contribution >= 4 is 29.8 Å². The molecule has 0 fully saturated rings. The van der Waals surface area contributed by atoms with Crippen molar-refractivity contribution in [2.24, 2.45) is 4.40 Å². The molecule has 12 heavy (non-hydrogen) atoms. The molecule has 0 spiro atoms. The van der Waals surface area contributed by atoms with Crippen LogP contribution in [-0.4, -0.2) is 16.7 Å². The van der Waals surface area contributed by atoms with E-state index in [1.165, 1.54) is 0 Å². The number of fused-ring (bicyclic) bond motifs is 1. The van der Waals surface area contributed by atoms with E-state index in [0.29, 0.717) is 0 Å². The molecule has 0 N–H and O–H groups in total. The van der Waals surface area contributed by atoms with E-state index in [0.717, 1.165) is 10.5 Å². The molecule has 0 aromatic heterocycles. The van der Waals surface area contributed by atoms with Crippen molar-refractivity contribution in [3.8, 4) is 0 Å². The molecule has 1 aromatic carbocycles. The summed E-state index contributed by atoms with van der Waals surface area (Å²) in [5.41, 5.74) is 0.973. The second-order valence-electron chi connectivity index (χ2n) is 2.02. The van der Waals surface area contributed by atoms with Gasteiger partial charge in [-0.3, -0.25) is 0 Å². The number of nitrogens with zero attached hydrogens (tertiary/aromatic N) is 1. The molecule has 64 valence electrons. The third kappa shape index (κ3) is 1.76. The van der Waals surface area contributed by atoms with E-state index in [4.69, 9.17) is 0 Å². The fraction of sp³-hybridized carbons (Fsp3) is 0.125. The van der Waals surface area contributed by atoms with E-state index in [9.17, 15) is 4.21 Å². The minimum Gasteiger partial charge on any atom is -0.229 e. The first kappa shape index (κ1) is 9.48. The molecule has 2 rings (SSSR count). The minimum atomic E-state index is -1.13. The highest BCUT2D eigenvalue weighted by Crippen LogP contribution is 2.17. The number of hydrogen-bond acceptors (Lipinski definition) is 2. The Balaban J connectivity index is 0.000000336. The van der Waals surface area contributed by atoms with Crippen LogP contribution in [0.3, 0.4) is 0 Å². The zero-order valence-electron chi connectivity index (χ0n) is 6.60. The maximum absolute atomic E-state index is 11.0. The molecule has 4 heteroatoms. The first-order chi connectivity index (χ1) is 5.88. The molecule has 1 aliphatic heterocycles. The Morgan fingerprint density at radius 1 is 1.33 bits per heavy atom. The Morgan fingerprint density at radius 3 is 2.67 bits per heavy atom. The largest absolute Gasteiger partial charge is 0.229 e. The van der Waals surface area contributed by atoms with Gasteiger partial charge in [0.25, 0.3) is 0 Å². The lowest BCUT2D eigenvalue weighted by molar-refractivity contribution is 0.685. The number of rotatable bonds is 0. The molecule has 1 heterocycles. The molecule has 1 aromatic rings. The second kappa shape index (κ2) is 4.42. The third-order valence-electron chi connectivity index (χ3n) is 1.39. The fourth-order valence-electron chi connectivity index (χ4n) is 0.908. The average Bonchev–Trinajstić information content (AvgIpc) is 2.53. The van der Waals surface area contributed by atoms with Gasteiger partial charge in [-0.05, 0) is 12.3 Å². The summed E-state index contributed by atoms with van der Waals surface area (Å²) in [6.07, 6.45) is 3.34. The topological polar surface area (TPSA) is 29.4 Å². The van der Waals surface area contributed by atoms with Gasteiger partial charge in [-0.15, -0.1) is 0 Å². The summed E-state index contributed by atoms with van der Waals surface area (Å²) in [7, 11) is -1.13. The van der Waals surface area contributed by atoms with Gasteiger partial charge in [-0.25, -0.2) is 4.21 Å². The van der Waals surface area contributed by atoms with Crippen LogP contribution in [0.25, 0.3) is 0 Å². The molecule has 1 unspecified atom stereocenters. The van der Waals surface area contributed by atoms with Crippen LogP contribution in [0.15, 0.2) is 33.6 Å². The standard InChI is InChI=1S/C7H5NOS.CH4S/c9-10-7-4-2-1-3-6(7)5-8-10;1-2/h1-5H;2H,1H3. The van der Waals surface area contributed by atoms with Crippen molar-refractivity contribution in [2.75, 3.05) is 6.26 Å². The summed E-state index contributed by atoms with van der Waals surface area (Å²) in [6.45, 7) is 0. The van der Waals surface area contributed by atoms with Gasteiger partial charge in [-0.1, -0.05) is 18.2 Å². The predicted molar refractivity (Wildman–Crippen MR) is 55.4 cm³/mol. The van der Waals surface area contributed by atoms with Crippen LogP contribution >= 0.6 is 12.6 Å². The molecule has 0 saturated carbocycles. The van der Waals surface area contributed by atoms with Crippen molar-refractivity contribution < 1.29 is 4.21 Å². The molecule has 0 radical (unpaired) electrons. The van der Waals surface area contributed by atoms with Gasteiger partial charge in [-0.2, -0.15) is 17.0 Å². The average molecular weight is 199 g/mol. The van der Waals surface area contributed by atoms with Gasteiger partial charge in [0.05, 0.1) is 4.90 Å². The summed E-state index contributed by atoms with van der Waals surface area (Å²) in [5, 5.41) is 0. The van der Waals surface area contributed by atoms with Gasteiger partial charge in [0.2, 0.25) is 0 Å². The van der Waals surface area contributed by atoms with E-state index >= 15 is 0 Å². The van der Waals surface area contributed by atoms with Crippen LogP contribution in [0.4, 0.5) is 0 Å². The highest BCUT2D eigenvalue weighted by Gasteiger charge is 2.11. The summed E-state index contributed by atoms with van der Waals surface area (Å²) < 4.78 is 14.7. The normalized spacial score (nSPS) is 18.0. The second-order valence-corrected chi connectivity index (χ2v) is 3.17. The summed E-state index contributed by atoms with van der Waals surface area (Å²) in [4.78, 5) is 0.822. The van der Waals surface area contributed by atoms with E-state index in [1.807, 2.05) is 24.3 Å². The molecule has 1 aliphatic rings.